The van der Waals surface area contributed by atoms with Crippen molar-refractivity contribution in [3.63, 3.8) is 0 Å². The number of hydrogen-bond donors (Lipinski definition) is 1. The molecule has 3 nitrogen and oxygen atoms in total. The predicted octanol–water partition coefficient (Wildman–Crippen LogP) is 1.69. The summed E-state index contributed by atoms with van der Waals surface area (Å²) >= 11 is 0. The first kappa shape index (κ1) is 13.3. The lowest BCUT2D eigenvalue weighted by Gasteiger charge is -2.35. The third kappa shape index (κ3) is 3.00. The predicted molar refractivity (Wildman–Crippen MR) is 73.5 cm³/mol. The average Bonchev–Trinajstić information content (AvgIpc) is 2.38. The van der Waals surface area contributed by atoms with Crippen LogP contribution in [0.4, 0.5) is 10.1 Å². The molecule has 0 unspecified atom stereocenters. The van der Waals surface area contributed by atoms with Gasteiger partial charge in [-0.2, -0.15) is 0 Å². The van der Waals surface area contributed by atoms with E-state index in [2.05, 4.69) is 29.1 Å². The van der Waals surface area contributed by atoms with Crippen LogP contribution >= 0.6 is 0 Å². The van der Waals surface area contributed by atoms with Gasteiger partial charge >= 0.3 is 0 Å². The Balaban J connectivity index is 2.19. The number of para-hydroxylation sites is 1. The van der Waals surface area contributed by atoms with E-state index in [0.29, 0.717) is 0 Å². The van der Waals surface area contributed by atoms with Crippen molar-refractivity contribution < 1.29 is 4.39 Å². The summed E-state index contributed by atoms with van der Waals surface area (Å²) in [6.07, 6.45) is 0. The van der Waals surface area contributed by atoms with Crippen molar-refractivity contribution >= 4 is 5.69 Å². The Morgan fingerprint density at radius 3 is 2.61 bits per heavy atom. The van der Waals surface area contributed by atoms with Crippen LogP contribution in [0.3, 0.4) is 0 Å². The van der Waals surface area contributed by atoms with Crippen molar-refractivity contribution in [2.45, 2.75) is 13.5 Å². The molecule has 1 aromatic rings. The van der Waals surface area contributed by atoms with Gasteiger partial charge in [0.2, 0.25) is 0 Å². The Morgan fingerprint density at radius 2 is 1.94 bits per heavy atom. The first-order valence-corrected chi connectivity index (χ1v) is 6.64. The van der Waals surface area contributed by atoms with Gasteiger partial charge in [0.15, 0.2) is 0 Å². The van der Waals surface area contributed by atoms with Crippen molar-refractivity contribution in [3.05, 3.63) is 29.6 Å². The summed E-state index contributed by atoms with van der Waals surface area (Å²) in [5, 5.41) is 3.28. The highest BCUT2D eigenvalue weighted by atomic mass is 19.1. The molecule has 0 amide bonds. The van der Waals surface area contributed by atoms with Crippen LogP contribution in [-0.4, -0.2) is 44.7 Å². The third-order valence-corrected chi connectivity index (χ3v) is 3.46. The van der Waals surface area contributed by atoms with Gasteiger partial charge in [-0.1, -0.05) is 19.1 Å². The molecule has 0 bridgehead atoms. The van der Waals surface area contributed by atoms with Gasteiger partial charge in [0.25, 0.3) is 0 Å². The second kappa shape index (κ2) is 6.16. The fraction of sp³-hybridized carbons (Fsp3) is 0.571. The van der Waals surface area contributed by atoms with E-state index in [1.165, 1.54) is 0 Å². The molecule has 0 aromatic heterocycles. The smallest absolute Gasteiger partial charge is 0.146 e. The van der Waals surface area contributed by atoms with Gasteiger partial charge in [0.05, 0.1) is 5.69 Å². The van der Waals surface area contributed by atoms with Crippen molar-refractivity contribution in [1.29, 1.82) is 0 Å². The topological polar surface area (TPSA) is 18.5 Å². The summed E-state index contributed by atoms with van der Waals surface area (Å²) < 4.78 is 14.1. The number of halogens is 1. The van der Waals surface area contributed by atoms with Crippen LogP contribution in [0.25, 0.3) is 0 Å². The summed E-state index contributed by atoms with van der Waals surface area (Å²) in [6, 6.07) is 5.37. The number of anilines is 1. The normalized spacial score (nSPS) is 17.2. The molecule has 1 aromatic carbocycles. The zero-order chi connectivity index (χ0) is 13.0. The first-order chi connectivity index (χ1) is 8.72. The van der Waals surface area contributed by atoms with Gasteiger partial charge in [-0.15, -0.1) is 0 Å². The quantitative estimate of drug-likeness (QED) is 0.878. The molecule has 0 spiro atoms. The molecule has 1 heterocycles. The largest absolute Gasteiger partial charge is 0.366 e. The van der Waals surface area contributed by atoms with Crippen LogP contribution in [-0.2, 0) is 6.54 Å². The Bertz CT molecular complexity index is 387. The van der Waals surface area contributed by atoms with Crippen molar-refractivity contribution in [3.8, 4) is 0 Å². The molecule has 1 aliphatic rings. The van der Waals surface area contributed by atoms with Crippen LogP contribution in [0.15, 0.2) is 18.2 Å². The molecule has 2 rings (SSSR count). The molecule has 0 radical (unpaired) electrons. The van der Waals surface area contributed by atoms with Gasteiger partial charge in [-0.3, -0.25) is 0 Å². The molecule has 18 heavy (non-hydrogen) atoms. The zero-order valence-electron chi connectivity index (χ0n) is 11.2. The number of hydrogen-bond acceptors (Lipinski definition) is 3. The number of likely N-dealkylation sites (N-methyl/N-ethyl adjacent to an activating group) is 1. The van der Waals surface area contributed by atoms with E-state index in [-0.39, 0.29) is 5.82 Å². The lowest BCUT2D eigenvalue weighted by atomic mass is 10.1. The maximum absolute atomic E-state index is 14.1. The molecule has 1 fully saturated rings. The van der Waals surface area contributed by atoms with Crippen LogP contribution in [0.1, 0.15) is 12.5 Å². The van der Waals surface area contributed by atoms with Gasteiger partial charge in [-0.05, 0) is 25.2 Å². The van der Waals surface area contributed by atoms with Crippen molar-refractivity contribution in [2.75, 3.05) is 44.7 Å². The number of rotatable bonds is 4. The zero-order valence-corrected chi connectivity index (χ0v) is 11.2. The molecular weight excluding hydrogens is 229 g/mol. The lowest BCUT2D eigenvalue weighted by molar-refractivity contribution is 0.311. The van der Waals surface area contributed by atoms with Crippen LogP contribution in [0.2, 0.25) is 0 Å². The second-order valence-corrected chi connectivity index (χ2v) is 4.82. The Morgan fingerprint density at radius 1 is 1.22 bits per heavy atom. The van der Waals surface area contributed by atoms with E-state index < -0.39 is 0 Å². The fourth-order valence-corrected chi connectivity index (χ4v) is 2.35. The molecule has 1 N–H and O–H groups in total. The molecule has 0 saturated carbocycles. The summed E-state index contributed by atoms with van der Waals surface area (Å²) in [5.74, 6) is -0.102. The van der Waals surface area contributed by atoms with Gasteiger partial charge < -0.3 is 15.1 Å². The third-order valence-electron chi connectivity index (χ3n) is 3.46. The molecular formula is C14H22FN3. The molecule has 1 saturated heterocycles. The van der Waals surface area contributed by atoms with Crippen LogP contribution in [0.5, 0.6) is 0 Å². The summed E-state index contributed by atoms with van der Waals surface area (Å²) in [7, 11) is 2.11. The van der Waals surface area contributed by atoms with E-state index in [0.717, 1.165) is 50.5 Å². The Hall–Kier alpha value is -1.13. The molecule has 4 heteroatoms. The standard InChI is InChI=1S/C14H22FN3/c1-3-16-11-12-5-4-6-13(15)14(12)18-9-7-17(2)8-10-18/h4-6,16H,3,7-11H2,1-2H3. The fourth-order valence-electron chi connectivity index (χ4n) is 2.35. The lowest BCUT2D eigenvalue weighted by Crippen LogP contribution is -2.45. The van der Waals surface area contributed by atoms with E-state index in [1.807, 2.05) is 6.07 Å². The summed E-state index contributed by atoms with van der Waals surface area (Å²) in [5.41, 5.74) is 1.84. The number of nitrogens with zero attached hydrogens (tertiary/aromatic N) is 2. The van der Waals surface area contributed by atoms with Crippen LogP contribution < -0.4 is 10.2 Å². The number of benzene rings is 1. The molecule has 0 aliphatic carbocycles. The number of nitrogens with one attached hydrogen (secondary N) is 1. The maximum atomic E-state index is 14.1. The average molecular weight is 251 g/mol. The number of piperazine rings is 1. The summed E-state index contributed by atoms with van der Waals surface area (Å²) in [4.78, 5) is 4.45. The molecule has 0 atom stereocenters. The first-order valence-electron chi connectivity index (χ1n) is 6.64. The van der Waals surface area contributed by atoms with Gasteiger partial charge in [0, 0.05) is 32.7 Å². The van der Waals surface area contributed by atoms with Crippen LogP contribution in [0, 0.1) is 5.82 Å². The highest BCUT2D eigenvalue weighted by Gasteiger charge is 2.19. The highest BCUT2D eigenvalue weighted by Crippen LogP contribution is 2.25. The Labute approximate surface area is 109 Å². The monoisotopic (exact) mass is 251 g/mol. The summed E-state index contributed by atoms with van der Waals surface area (Å²) in [6.45, 7) is 7.49. The Kier molecular flexibility index (Phi) is 4.55. The molecule has 1 aliphatic heterocycles. The van der Waals surface area contributed by atoms with Gasteiger partial charge in [0.1, 0.15) is 5.82 Å². The molecule has 100 valence electrons. The van der Waals surface area contributed by atoms with E-state index in [1.54, 1.807) is 12.1 Å². The van der Waals surface area contributed by atoms with Gasteiger partial charge in [-0.25, -0.2) is 4.39 Å². The minimum Gasteiger partial charge on any atom is -0.366 e. The highest BCUT2D eigenvalue weighted by molar-refractivity contribution is 5.55. The minimum absolute atomic E-state index is 0.102. The van der Waals surface area contributed by atoms with Crippen molar-refractivity contribution in [2.24, 2.45) is 0 Å². The van der Waals surface area contributed by atoms with Crippen molar-refractivity contribution in [1.82, 2.24) is 10.2 Å². The second-order valence-electron chi connectivity index (χ2n) is 4.82. The van der Waals surface area contributed by atoms with E-state index in [9.17, 15) is 4.39 Å². The van der Waals surface area contributed by atoms with E-state index >= 15 is 0 Å². The minimum atomic E-state index is -0.102. The SMILES string of the molecule is CCNCc1cccc(F)c1N1CCN(C)CC1. The maximum Gasteiger partial charge on any atom is 0.146 e. The van der Waals surface area contributed by atoms with E-state index in [4.69, 9.17) is 0 Å².